The van der Waals surface area contributed by atoms with E-state index in [-0.39, 0.29) is 0 Å². The van der Waals surface area contributed by atoms with Gasteiger partial charge in [-0.05, 0) is 69.8 Å². The average Bonchev–Trinajstić information content (AvgIpc) is 2.74. The van der Waals surface area contributed by atoms with Crippen LogP contribution >= 0.6 is 0 Å². The van der Waals surface area contributed by atoms with E-state index in [1.54, 1.807) is 5.56 Å². The molecule has 3 rings (SSSR count). The Hall–Kier alpha value is -0.860. The van der Waals surface area contributed by atoms with E-state index in [1.165, 1.54) is 64.8 Å². The highest BCUT2D eigenvalue weighted by molar-refractivity contribution is 5.27. The summed E-state index contributed by atoms with van der Waals surface area (Å²) in [5, 5.41) is 3.55. The summed E-state index contributed by atoms with van der Waals surface area (Å²) >= 11 is 0. The van der Waals surface area contributed by atoms with E-state index < -0.39 is 0 Å². The van der Waals surface area contributed by atoms with Gasteiger partial charge in [-0.15, -0.1) is 0 Å². The maximum Gasteiger partial charge on any atom is 0.0104 e. The third-order valence-electron chi connectivity index (χ3n) is 5.58. The number of nitrogens with zero attached hydrogens (tertiary/aromatic N) is 1. The van der Waals surface area contributed by atoms with Crippen LogP contribution in [0.15, 0.2) is 30.3 Å². The quantitative estimate of drug-likeness (QED) is 0.916. The van der Waals surface area contributed by atoms with Gasteiger partial charge in [-0.25, -0.2) is 0 Å². The highest BCUT2D eigenvalue weighted by Crippen LogP contribution is 2.35. The molecule has 2 aliphatic heterocycles. The first-order chi connectivity index (χ1) is 10.3. The summed E-state index contributed by atoms with van der Waals surface area (Å²) < 4.78 is 0. The second kappa shape index (κ2) is 6.93. The monoisotopic (exact) mass is 286 g/mol. The van der Waals surface area contributed by atoms with Crippen molar-refractivity contribution in [3.05, 3.63) is 35.9 Å². The van der Waals surface area contributed by atoms with E-state index in [0.29, 0.717) is 5.41 Å². The molecule has 0 amide bonds. The van der Waals surface area contributed by atoms with Crippen LogP contribution in [0.25, 0.3) is 0 Å². The van der Waals surface area contributed by atoms with Gasteiger partial charge in [0.05, 0.1) is 0 Å². The number of hydrogen-bond donors (Lipinski definition) is 1. The van der Waals surface area contributed by atoms with Crippen LogP contribution in [0.3, 0.4) is 0 Å². The van der Waals surface area contributed by atoms with Crippen LogP contribution < -0.4 is 5.32 Å². The molecule has 0 bridgehead atoms. The van der Waals surface area contributed by atoms with Crippen molar-refractivity contribution >= 4 is 0 Å². The summed E-state index contributed by atoms with van der Waals surface area (Å²) in [4.78, 5) is 2.75. The number of piperidine rings is 1. The van der Waals surface area contributed by atoms with E-state index in [4.69, 9.17) is 0 Å². The molecule has 1 unspecified atom stereocenters. The first kappa shape index (κ1) is 15.1. The Morgan fingerprint density at radius 3 is 2.62 bits per heavy atom. The van der Waals surface area contributed by atoms with Crippen LogP contribution in [0, 0.1) is 5.92 Å². The highest BCUT2D eigenvalue weighted by Gasteiger charge is 2.35. The maximum atomic E-state index is 3.55. The van der Waals surface area contributed by atoms with Gasteiger partial charge < -0.3 is 10.2 Å². The summed E-state index contributed by atoms with van der Waals surface area (Å²) in [5.41, 5.74) is 1.93. The number of benzene rings is 1. The Morgan fingerprint density at radius 2 is 1.86 bits per heavy atom. The normalized spacial score (nSPS) is 27.2. The second-order valence-electron chi connectivity index (χ2n) is 7.21. The number of rotatable bonds is 3. The third kappa shape index (κ3) is 3.67. The lowest BCUT2D eigenvalue weighted by Crippen LogP contribution is -2.48. The van der Waals surface area contributed by atoms with Crippen LogP contribution in [0.1, 0.15) is 44.6 Å². The molecule has 1 N–H and O–H groups in total. The molecule has 0 aromatic heterocycles. The van der Waals surface area contributed by atoms with E-state index >= 15 is 0 Å². The van der Waals surface area contributed by atoms with Gasteiger partial charge in [0.15, 0.2) is 0 Å². The zero-order valence-corrected chi connectivity index (χ0v) is 13.5. The summed E-state index contributed by atoms with van der Waals surface area (Å²) in [5.74, 6) is 0.913. The molecule has 2 heteroatoms. The van der Waals surface area contributed by atoms with E-state index in [1.807, 2.05) is 0 Å². The molecule has 1 aromatic carbocycles. The van der Waals surface area contributed by atoms with E-state index in [2.05, 4.69) is 47.5 Å². The lowest BCUT2D eigenvalue weighted by molar-refractivity contribution is 0.177. The minimum absolute atomic E-state index is 0.375. The van der Waals surface area contributed by atoms with Crippen molar-refractivity contribution in [3.63, 3.8) is 0 Å². The van der Waals surface area contributed by atoms with Crippen molar-refractivity contribution in [2.24, 2.45) is 5.92 Å². The van der Waals surface area contributed by atoms with Gasteiger partial charge in [0.2, 0.25) is 0 Å². The number of hydrogen-bond acceptors (Lipinski definition) is 2. The lowest BCUT2D eigenvalue weighted by Gasteiger charge is -2.42. The molecule has 21 heavy (non-hydrogen) atoms. The van der Waals surface area contributed by atoms with Gasteiger partial charge in [0, 0.05) is 12.0 Å². The zero-order valence-electron chi connectivity index (χ0n) is 13.5. The van der Waals surface area contributed by atoms with Gasteiger partial charge >= 0.3 is 0 Å². The van der Waals surface area contributed by atoms with Gasteiger partial charge in [-0.2, -0.15) is 0 Å². The predicted molar refractivity (Wildman–Crippen MR) is 89.7 cm³/mol. The third-order valence-corrected chi connectivity index (χ3v) is 5.58. The summed E-state index contributed by atoms with van der Waals surface area (Å²) in [6.45, 7) is 8.60. The fourth-order valence-corrected chi connectivity index (χ4v) is 4.14. The smallest absolute Gasteiger partial charge is 0.0104 e. The van der Waals surface area contributed by atoms with Crippen molar-refractivity contribution in [2.75, 3.05) is 32.7 Å². The molecule has 2 aliphatic rings. The molecule has 0 spiro atoms. The standard InChI is InChI=1S/C19H30N2/c1-17-6-5-14-21(15-9-17)16-19(10-12-20-13-11-19)18-7-3-2-4-8-18/h2-4,7-8,17,20H,5-6,9-16H2,1H3. The van der Waals surface area contributed by atoms with Crippen LogP contribution in [0.5, 0.6) is 0 Å². The van der Waals surface area contributed by atoms with Crippen LogP contribution in [-0.4, -0.2) is 37.6 Å². The highest BCUT2D eigenvalue weighted by atomic mass is 15.1. The van der Waals surface area contributed by atoms with Gasteiger partial charge in [0.25, 0.3) is 0 Å². The van der Waals surface area contributed by atoms with Crippen molar-refractivity contribution < 1.29 is 0 Å². The summed E-state index contributed by atoms with van der Waals surface area (Å²) in [6.07, 6.45) is 6.73. The minimum Gasteiger partial charge on any atom is -0.317 e. The molecule has 2 saturated heterocycles. The van der Waals surface area contributed by atoms with Crippen molar-refractivity contribution in [1.29, 1.82) is 0 Å². The topological polar surface area (TPSA) is 15.3 Å². The molecule has 2 heterocycles. The Labute approximate surface area is 129 Å². The molecule has 2 fully saturated rings. The van der Waals surface area contributed by atoms with Gasteiger partial charge in [0.1, 0.15) is 0 Å². The molecular formula is C19H30N2. The molecule has 1 atom stereocenters. The molecule has 2 nitrogen and oxygen atoms in total. The molecule has 0 radical (unpaired) electrons. The lowest BCUT2D eigenvalue weighted by atomic mass is 9.72. The predicted octanol–water partition coefficient (Wildman–Crippen LogP) is 3.43. The SMILES string of the molecule is CC1CCCN(CC2(c3ccccc3)CCNCC2)CC1. The summed E-state index contributed by atoms with van der Waals surface area (Å²) in [7, 11) is 0. The molecule has 0 saturated carbocycles. The fourth-order valence-electron chi connectivity index (χ4n) is 4.14. The Bertz CT molecular complexity index is 422. The maximum absolute atomic E-state index is 3.55. The van der Waals surface area contributed by atoms with E-state index in [9.17, 15) is 0 Å². The largest absolute Gasteiger partial charge is 0.317 e. The molecule has 0 aliphatic carbocycles. The molecule has 116 valence electrons. The number of likely N-dealkylation sites (tertiary alicyclic amines) is 1. The average molecular weight is 286 g/mol. The van der Waals surface area contributed by atoms with Crippen LogP contribution in [0.2, 0.25) is 0 Å². The Balaban J connectivity index is 1.76. The summed E-state index contributed by atoms with van der Waals surface area (Å²) in [6, 6.07) is 11.3. The minimum atomic E-state index is 0.375. The second-order valence-corrected chi connectivity index (χ2v) is 7.21. The van der Waals surface area contributed by atoms with Gasteiger partial charge in [-0.3, -0.25) is 0 Å². The Kier molecular flexibility index (Phi) is 4.97. The van der Waals surface area contributed by atoms with Crippen molar-refractivity contribution in [1.82, 2.24) is 10.2 Å². The first-order valence-electron chi connectivity index (χ1n) is 8.77. The molecule has 1 aromatic rings. The van der Waals surface area contributed by atoms with Gasteiger partial charge in [-0.1, -0.05) is 37.3 Å². The van der Waals surface area contributed by atoms with Crippen LogP contribution in [0.4, 0.5) is 0 Å². The Morgan fingerprint density at radius 1 is 1.10 bits per heavy atom. The fraction of sp³-hybridized carbons (Fsp3) is 0.684. The van der Waals surface area contributed by atoms with E-state index in [0.717, 1.165) is 5.92 Å². The number of nitrogens with one attached hydrogen (secondary N) is 1. The first-order valence-corrected chi connectivity index (χ1v) is 8.77. The van der Waals surface area contributed by atoms with Crippen LogP contribution in [-0.2, 0) is 5.41 Å². The van der Waals surface area contributed by atoms with Crippen molar-refractivity contribution in [3.8, 4) is 0 Å². The zero-order chi connectivity index (χ0) is 14.5. The molecular weight excluding hydrogens is 256 g/mol. The van der Waals surface area contributed by atoms with Crippen molar-refractivity contribution in [2.45, 2.75) is 44.4 Å².